The average Bonchev–Trinajstić information content (AvgIpc) is 2.63. The summed E-state index contributed by atoms with van der Waals surface area (Å²) in [4.78, 5) is 7.26. The number of hydrogen-bond donors (Lipinski definition) is 3. The lowest BCUT2D eigenvalue weighted by Gasteiger charge is -1.87. The molecule has 2 N–H and O–H groups in total. The fourth-order valence-electron chi connectivity index (χ4n) is 1.44. The first-order valence-corrected chi connectivity index (χ1v) is 4.29. The topological polar surface area (TPSA) is 57.4 Å². The van der Waals surface area contributed by atoms with Crippen molar-refractivity contribution in [3.8, 4) is 0 Å². The number of rotatable bonds is 0. The number of benzene rings is 1. The summed E-state index contributed by atoms with van der Waals surface area (Å²) in [5, 5.41) is 8.54. The number of thiol groups is 1. The van der Waals surface area contributed by atoms with Crippen LogP contribution in [0.15, 0.2) is 23.5 Å². The second-order valence-electron chi connectivity index (χ2n) is 2.89. The van der Waals surface area contributed by atoms with Crippen LogP contribution in [0, 0.1) is 0 Å². The number of fused-ring (bicyclic) bond motifs is 2. The molecule has 0 radical (unpaired) electrons. The van der Waals surface area contributed by atoms with E-state index in [-0.39, 0.29) is 0 Å². The molecule has 0 atom stereocenters. The summed E-state index contributed by atoms with van der Waals surface area (Å²) in [6, 6.07) is 3.95. The second-order valence-corrected chi connectivity index (χ2v) is 3.31. The van der Waals surface area contributed by atoms with E-state index in [1.165, 1.54) is 0 Å². The minimum atomic E-state index is 0.635. The molecular weight excluding hydrogens is 184 g/mol. The van der Waals surface area contributed by atoms with Crippen LogP contribution < -0.4 is 0 Å². The largest absolute Gasteiger partial charge is 0.333 e. The highest BCUT2D eigenvalue weighted by Crippen LogP contribution is 2.19. The molecule has 4 nitrogen and oxygen atoms in total. The van der Waals surface area contributed by atoms with Crippen LogP contribution in [0.5, 0.6) is 0 Å². The monoisotopic (exact) mass is 190 g/mol. The van der Waals surface area contributed by atoms with Crippen LogP contribution in [0.3, 0.4) is 0 Å². The lowest BCUT2D eigenvalue weighted by atomic mass is 10.2. The van der Waals surface area contributed by atoms with E-state index in [0.29, 0.717) is 5.16 Å². The molecule has 0 aliphatic rings. The lowest BCUT2D eigenvalue weighted by Crippen LogP contribution is -1.70. The number of imidazole rings is 1. The predicted molar refractivity (Wildman–Crippen MR) is 53.0 cm³/mol. The molecule has 0 spiro atoms. The average molecular weight is 190 g/mol. The highest BCUT2D eigenvalue weighted by atomic mass is 32.1. The van der Waals surface area contributed by atoms with E-state index >= 15 is 0 Å². The van der Waals surface area contributed by atoms with Crippen molar-refractivity contribution in [3.05, 3.63) is 18.3 Å². The molecule has 64 valence electrons. The third-order valence-electron chi connectivity index (χ3n) is 2.03. The van der Waals surface area contributed by atoms with E-state index in [2.05, 4.69) is 32.8 Å². The van der Waals surface area contributed by atoms with Crippen LogP contribution in [-0.2, 0) is 0 Å². The summed E-state index contributed by atoms with van der Waals surface area (Å²) >= 11 is 4.14. The molecule has 2 aromatic heterocycles. The van der Waals surface area contributed by atoms with Crippen molar-refractivity contribution in [1.82, 2.24) is 20.2 Å². The van der Waals surface area contributed by atoms with E-state index < -0.39 is 0 Å². The molecule has 0 aliphatic heterocycles. The van der Waals surface area contributed by atoms with Gasteiger partial charge in [0.25, 0.3) is 0 Å². The van der Waals surface area contributed by atoms with Crippen molar-refractivity contribution < 1.29 is 0 Å². The standard InChI is InChI=1S/C8H6N4S/c13-8-10-6-1-4-3-9-12-5(4)2-7(6)11-8/h1-3H,(H,9,12)(H2,10,11,13). The molecule has 5 heteroatoms. The van der Waals surface area contributed by atoms with Crippen LogP contribution >= 0.6 is 12.6 Å². The van der Waals surface area contributed by atoms with E-state index in [1.54, 1.807) is 6.20 Å². The van der Waals surface area contributed by atoms with Gasteiger partial charge >= 0.3 is 0 Å². The fraction of sp³-hybridized carbons (Fsp3) is 0. The summed E-state index contributed by atoms with van der Waals surface area (Å²) in [6.07, 6.45) is 1.79. The molecule has 0 bridgehead atoms. The normalized spacial score (nSPS) is 11.5. The predicted octanol–water partition coefficient (Wildman–Crippen LogP) is 1.73. The first-order chi connectivity index (χ1) is 6.33. The summed E-state index contributed by atoms with van der Waals surface area (Å²) in [5.74, 6) is 0. The van der Waals surface area contributed by atoms with Gasteiger partial charge < -0.3 is 4.98 Å². The number of H-pyrrole nitrogens is 2. The number of nitrogens with zero attached hydrogens (tertiary/aromatic N) is 2. The van der Waals surface area contributed by atoms with Gasteiger partial charge in [0.05, 0.1) is 22.7 Å². The fourth-order valence-corrected chi connectivity index (χ4v) is 1.66. The van der Waals surface area contributed by atoms with Crippen molar-refractivity contribution in [2.45, 2.75) is 5.16 Å². The third-order valence-corrected chi connectivity index (χ3v) is 2.24. The molecule has 0 saturated carbocycles. The Morgan fingerprint density at radius 1 is 1.23 bits per heavy atom. The molecule has 2 heterocycles. The quantitative estimate of drug-likeness (QED) is 0.473. The molecular formula is C8H6N4S. The smallest absolute Gasteiger partial charge is 0.163 e. The minimum absolute atomic E-state index is 0.635. The highest BCUT2D eigenvalue weighted by Gasteiger charge is 2.02. The maximum Gasteiger partial charge on any atom is 0.163 e. The van der Waals surface area contributed by atoms with Gasteiger partial charge in [-0.25, -0.2) is 4.98 Å². The molecule has 3 rings (SSSR count). The SMILES string of the molecule is Sc1nc2cc3[nH]ncc3cc2[nH]1. The zero-order chi connectivity index (χ0) is 8.84. The van der Waals surface area contributed by atoms with Crippen LogP contribution in [0.4, 0.5) is 0 Å². The van der Waals surface area contributed by atoms with E-state index in [1.807, 2.05) is 12.1 Å². The molecule has 0 unspecified atom stereocenters. The van der Waals surface area contributed by atoms with Gasteiger partial charge in [0.1, 0.15) is 0 Å². The Kier molecular flexibility index (Phi) is 1.21. The number of aromatic nitrogens is 4. The first kappa shape index (κ1) is 6.97. The summed E-state index contributed by atoms with van der Waals surface area (Å²) in [5.41, 5.74) is 2.88. The first-order valence-electron chi connectivity index (χ1n) is 3.85. The van der Waals surface area contributed by atoms with Crippen LogP contribution in [0.1, 0.15) is 0 Å². The number of hydrogen-bond acceptors (Lipinski definition) is 3. The van der Waals surface area contributed by atoms with Gasteiger partial charge in [0.15, 0.2) is 5.16 Å². The Labute approximate surface area is 78.8 Å². The number of nitrogens with one attached hydrogen (secondary N) is 2. The third kappa shape index (κ3) is 0.936. The summed E-state index contributed by atoms with van der Waals surface area (Å²) in [6.45, 7) is 0. The summed E-state index contributed by atoms with van der Waals surface area (Å²) in [7, 11) is 0. The van der Waals surface area contributed by atoms with Crippen LogP contribution in [0.2, 0.25) is 0 Å². The van der Waals surface area contributed by atoms with Crippen molar-refractivity contribution >= 4 is 34.6 Å². The molecule has 1 aromatic carbocycles. The van der Waals surface area contributed by atoms with Gasteiger partial charge in [0, 0.05) is 5.39 Å². The molecule has 13 heavy (non-hydrogen) atoms. The minimum Gasteiger partial charge on any atom is -0.333 e. The van der Waals surface area contributed by atoms with Gasteiger partial charge in [-0.3, -0.25) is 5.10 Å². The van der Waals surface area contributed by atoms with E-state index in [0.717, 1.165) is 21.9 Å². The van der Waals surface area contributed by atoms with Gasteiger partial charge in [-0.15, -0.1) is 12.6 Å². The zero-order valence-corrected chi connectivity index (χ0v) is 7.47. The highest BCUT2D eigenvalue weighted by molar-refractivity contribution is 7.80. The van der Waals surface area contributed by atoms with Crippen molar-refractivity contribution in [2.75, 3.05) is 0 Å². The molecule has 3 aromatic rings. The van der Waals surface area contributed by atoms with Gasteiger partial charge in [-0.2, -0.15) is 5.10 Å². The maximum absolute atomic E-state index is 4.20. The molecule has 0 fully saturated rings. The Morgan fingerprint density at radius 3 is 3.08 bits per heavy atom. The van der Waals surface area contributed by atoms with Crippen LogP contribution in [0.25, 0.3) is 21.9 Å². The molecule has 0 amide bonds. The van der Waals surface area contributed by atoms with Gasteiger partial charge in [0.2, 0.25) is 0 Å². The molecule has 0 aliphatic carbocycles. The Bertz CT molecular complexity index is 532. The van der Waals surface area contributed by atoms with Gasteiger partial charge in [-0.1, -0.05) is 0 Å². The van der Waals surface area contributed by atoms with E-state index in [4.69, 9.17) is 0 Å². The lowest BCUT2D eigenvalue weighted by molar-refractivity contribution is 1.09. The molecule has 0 saturated heterocycles. The Balaban J connectivity index is 2.54. The van der Waals surface area contributed by atoms with Gasteiger partial charge in [-0.05, 0) is 12.1 Å². The van der Waals surface area contributed by atoms with Crippen molar-refractivity contribution in [2.24, 2.45) is 0 Å². The van der Waals surface area contributed by atoms with Crippen molar-refractivity contribution in [1.29, 1.82) is 0 Å². The zero-order valence-electron chi connectivity index (χ0n) is 6.57. The summed E-state index contributed by atoms with van der Waals surface area (Å²) < 4.78 is 0. The van der Waals surface area contributed by atoms with E-state index in [9.17, 15) is 0 Å². The Hall–Kier alpha value is -1.49. The Morgan fingerprint density at radius 2 is 2.15 bits per heavy atom. The number of aromatic amines is 2. The maximum atomic E-state index is 4.20. The van der Waals surface area contributed by atoms with Crippen molar-refractivity contribution in [3.63, 3.8) is 0 Å². The van der Waals surface area contributed by atoms with Crippen LogP contribution in [-0.4, -0.2) is 20.2 Å². The second kappa shape index (κ2) is 2.26.